The number of rotatable bonds is 8. The number of thioether (sulfide) groups is 1. The first-order valence-corrected chi connectivity index (χ1v) is 10.2. The molecule has 0 fully saturated rings. The second-order valence-electron chi connectivity index (χ2n) is 5.92. The van der Waals surface area contributed by atoms with Gasteiger partial charge in [0.25, 0.3) is 0 Å². The van der Waals surface area contributed by atoms with Crippen molar-refractivity contribution >= 4 is 39.2 Å². The van der Waals surface area contributed by atoms with Crippen LogP contribution in [-0.2, 0) is 17.6 Å². The summed E-state index contributed by atoms with van der Waals surface area (Å²) in [6, 6.07) is 0. The molecule has 6 heteroatoms. The van der Waals surface area contributed by atoms with Gasteiger partial charge in [-0.05, 0) is 31.2 Å². The number of carbonyl (C=O) groups is 1. The van der Waals surface area contributed by atoms with Crippen LogP contribution in [-0.4, -0.2) is 28.2 Å². The molecule has 2 heterocycles. The van der Waals surface area contributed by atoms with E-state index in [4.69, 9.17) is 0 Å². The molecule has 0 aromatic carbocycles. The van der Waals surface area contributed by atoms with E-state index in [0.29, 0.717) is 5.75 Å². The van der Waals surface area contributed by atoms with Gasteiger partial charge < -0.3 is 5.32 Å². The minimum Gasteiger partial charge on any atom is -0.355 e. The van der Waals surface area contributed by atoms with E-state index in [0.717, 1.165) is 29.2 Å². The number of aryl methyl sites for hydroxylation is 2. The molecule has 1 amide bonds. The Morgan fingerprint density at radius 3 is 3.09 bits per heavy atom. The van der Waals surface area contributed by atoms with Gasteiger partial charge in [0.05, 0.1) is 5.75 Å². The minimum atomic E-state index is 0.102. The summed E-state index contributed by atoms with van der Waals surface area (Å²) in [7, 11) is 0. The molecule has 0 unspecified atom stereocenters. The first-order valence-electron chi connectivity index (χ1n) is 8.44. The molecule has 1 aliphatic rings. The van der Waals surface area contributed by atoms with E-state index >= 15 is 0 Å². The molecular weight excluding hydrogens is 326 g/mol. The number of thiophene rings is 1. The maximum atomic E-state index is 12.0. The number of amides is 1. The third kappa shape index (κ3) is 4.04. The summed E-state index contributed by atoms with van der Waals surface area (Å²) in [5, 5.41) is 5.17. The van der Waals surface area contributed by atoms with E-state index in [9.17, 15) is 4.79 Å². The van der Waals surface area contributed by atoms with Crippen molar-refractivity contribution < 1.29 is 4.79 Å². The molecule has 2 aromatic heterocycles. The Labute approximate surface area is 145 Å². The van der Waals surface area contributed by atoms with Crippen molar-refractivity contribution in [2.45, 2.75) is 56.9 Å². The van der Waals surface area contributed by atoms with Gasteiger partial charge in [-0.15, -0.1) is 11.3 Å². The number of hydrogen-bond donors (Lipinski definition) is 1. The molecule has 0 aliphatic heterocycles. The highest BCUT2D eigenvalue weighted by Crippen LogP contribution is 2.39. The van der Waals surface area contributed by atoms with Crippen molar-refractivity contribution in [3.63, 3.8) is 0 Å². The molecule has 4 nitrogen and oxygen atoms in total. The van der Waals surface area contributed by atoms with Crippen molar-refractivity contribution in [3.05, 3.63) is 16.8 Å². The molecule has 0 bridgehead atoms. The summed E-state index contributed by atoms with van der Waals surface area (Å²) >= 11 is 3.33. The summed E-state index contributed by atoms with van der Waals surface area (Å²) in [5.41, 5.74) is 1.42. The Kier molecular flexibility index (Phi) is 5.89. The molecule has 1 aliphatic carbocycles. The van der Waals surface area contributed by atoms with E-state index in [-0.39, 0.29) is 5.91 Å². The maximum absolute atomic E-state index is 12.0. The van der Waals surface area contributed by atoms with Crippen LogP contribution in [0.3, 0.4) is 0 Å². The predicted molar refractivity (Wildman–Crippen MR) is 97.3 cm³/mol. The third-order valence-corrected chi connectivity index (χ3v) is 6.35. The van der Waals surface area contributed by atoms with Crippen LogP contribution < -0.4 is 5.32 Å². The highest BCUT2D eigenvalue weighted by Gasteiger charge is 2.21. The predicted octanol–water partition coefficient (Wildman–Crippen LogP) is 3.97. The standard InChI is InChI=1S/C17H23N3OS2/c1-2-3-4-5-9-18-14(21)10-22-16-15-12-7-6-8-13(12)23-17(15)20-11-19-16/h11H,2-10H2,1H3,(H,18,21). The zero-order valence-corrected chi connectivity index (χ0v) is 15.2. The lowest BCUT2D eigenvalue weighted by Crippen LogP contribution is -2.26. The third-order valence-electron chi connectivity index (χ3n) is 4.16. The van der Waals surface area contributed by atoms with Crippen LogP contribution in [0.1, 0.15) is 49.5 Å². The number of aromatic nitrogens is 2. The van der Waals surface area contributed by atoms with Crippen LogP contribution in [0.15, 0.2) is 11.4 Å². The van der Waals surface area contributed by atoms with Crippen molar-refractivity contribution in [2.75, 3.05) is 12.3 Å². The van der Waals surface area contributed by atoms with Crippen LogP contribution in [0.5, 0.6) is 0 Å². The molecule has 2 aromatic rings. The van der Waals surface area contributed by atoms with Crippen LogP contribution in [0.4, 0.5) is 0 Å². The van der Waals surface area contributed by atoms with Crippen LogP contribution in [0.25, 0.3) is 10.2 Å². The topological polar surface area (TPSA) is 54.9 Å². The van der Waals surface area contributed by atoms with Gasteiger partial charge in [0.15, 0.2) is 0 Å². The Balaban J connectivity index is 1.56. The number of carbonyl (C=O) groups excluding carboxylic acids is 1. The highest BCUT2D eigenvalue weighted by molar-refractivity contribution is 8.00. The summed E-state index contributed by atoms with van der Waals surface area (Å²) in [6.07, 6.45) is 9.87. The largest absolute Gasteiger partial charge is 0.355 e. The first-order chi connectivity index (χ1) is 11.3. The number of nitrogens with zero attached hydrogens (tertiary/aromatic N) is 2. The Morgan fingerprint density at radius 1 is 1.30 bits per heavy atom. The van der Waals surface area contributed by atoms with E-state index in [2.05, 4.69) is 22.2 Å². The molecule has 3 rings (SSSR count). The Bertz CT molecular complexity index is 684. The number of fused-ring (bicyclic) bond motifs is 3. The molecule has 124 valence electrons. The van der Waals surface area contributed by atoms with E-state index in [1.54, 1.807) is 29.4 Å². The Morgan fingerprint density at radius 2 is 2.22 bits per heavy atom. The lowest BCUT2D eigenvalue weighted by molar-refractivity contribution is -0.118. The maximum Gasteiger partial charge on any atom is 0.230 e. The molecular formula is C17H23N3OS2. The monoisotopic (exact) mass is 349 g/mol. The second kappa shape index (κ2) is 8.11. The van der Waals surface area contributed by atoms with E-state index in [1.165, 1.54) is 47.9 Å². The number of unbranched alkanes of at least 4 members (excludes halogenated alkanes) is 3. The SMILES string of the molecule is CCCCCCNC(=O)CSc1ncnc2sc3c(c12)CCC3. The lowest BCUT2D eigenvalue weighted by Gasteiger charge is -2.06. The summed E-state index contributed by atoms with van der Waals surface area (Å²) < 4.78 is 0. The fourth-order valence-corrected chi connectivity index (χ4v) is 5.12. The van der Waals surface area contributed by atoms with Crippen molar-refractivity contribution in [2.24, 2.45) is 0 Å². The van der Waals surface area contributed by atoms with Crippen LogP contribution >= 0.6 is 23.1 Å². The van der Waals surface area contributed by atoms with Gasteiger partial charge in [-0.1, -0.05) is 37.9 Å². The summed E-state index contributed by atoms with van der Waals surface area (Å²) in [5.74, 6) is 0.537. The lowest BCUT2D eigenvalue weighted by atomic mass is 10.2. The van der Waals surface area contributed by atoms with Crippen LogP contribution in [0, 0.1) is 0 Å². The molecule has 0 radical (unpaired) electrons. The quantitative estimate of drug-likeness (QED) is 0.445. The highest BCUT2D eigenvalue weighted by atomic mass is 32.2. The second-order valence-corrected chi connectivity index (χ2v) is 7.96. The molecule has 0 saturated carbocycles. The van der Waals surface area contributed by atoms with Crippen molar-refractivity contribution in [1.29, 1.82) is 0 Å². The van der Waals surface area contributed by atoms with Gasteiger partial charge in [-0.25, -0.2) is 9.97 Å². The van der Waals surface area contributed by atoms with E-state index in [1.807, 2.05) is 0 Å². The molecule has 23 heavy (non-hydrogen) atoms. The first kappa shape index (κ1) is 16.7. The number of hydrogen-bond acceptors (Lipinski definition) is 5. The zero-order chi connectivity index (χ0) is 16.1. The smallest absolute Gasteiger partial charge is 0.230 e. The number of nitrogens with one attached hydrogen (secondary N) is 1. The Hall–Kier alpha value is -1.14. The van der Waals surface area contributed by atoms with Crippen molar-refractivity contribution in [1.82, 2.24) is 15.3 Å². The van der Waals surface area contributed by atoms with Gasteiger partial charge in [-0.3, -0.25) is 4.79 Å². The van der Waals surface area contributed by atoms with Crippen molar-refractivity contribution in [3.8, 4) is 0 Å². The minimum absolute atomic E-state index is 0.102. The summed E-state index contributed by atoms with van der Waals surface area (Å²) in [6.45, 7) is 2.98. The van der Waals surface area contributed by atoms with Gasteiger partial charge in [-0.2, -0.15) is 0 Å². The van der Waals surface area contributed by atoms with Gasteiger partial charge in [0.1, 0.15) is 16.2 Å². The fraction of sp³-hybridized carbons (Fsp3) is 0.588. The van der Waals surface area contributed by atoms with E-state index < -0.39 is 0 Å². The molecule has 0 saturated heterocycles. The molecule has 1 N–H and O–H groups in total. The van der Waals surface area contributed by atoms with Gasteiger partial charge in [0, 0.05) is 16.8 Å². The fourth-order valence-electron chi connectivity index (χ4n) is 2.97. The normalized spacial score (nSPS) is 13.4. The average molecular weight is 350 g/mol. The zero-order valence-electron chi connectivity index (χ0n) is 13.6. The van der Waals surface area contributed by atoms with Gasteiger partial charge in [0.2, 0.25) is 5.91 Å². The van der Waals surface area contributed by atoms with Crippen LogP contribution in [0.2, 0.25) is 0 Å². The molecule has 0 atom stereocenters. The average Bonchev–Trinajstić information content (AvgIpc) is 3.13. The molecule has 0 spiro atoms. The van der Waals surface area contributed by atoms with Gasteiger partial charge >= 0.3 is 0 Å². The summed E-state index contributed by atoms with van der Waals surface area (Å²) in [4.78, 5) is 23.4.